The summed E-state index contributed by atoms with van der Waals surface area (Å²) in [5, 5.41) is 21.3. The average molecular weight is 719 g/mol. The first-order valence-electron chi connectivity index (χ1n) is 16.9. The van der Waals surface area contributed by atoms with E-state index in [-0.39, 0.29) is 53.6 Å². The van der Waals surface area contributed by atoms with Crippen molar-refractivity contribution in [1.82, 2.24) is 0 Å². The molecular formula is C40H55NaO8S. The molecule has 8 nitrogen and oxygen atoms in total. The summed E-state index contributed by atoms with van der Waals surface area (Å²) in [7, 11) is -4.86. The van der Waals surface area contributed by atoms with Crippen LogP contribution in [-0.4, -0.2) is 58.0 Å². The molecule has 3 aliphatic rings. The van der Waals surface area contributed by atoms with Crippen LogP contribution in [0.3, 0.4) is 0 Å². The van der Waals surface area contributed by atoms with Gasteiger partial charge in [0.1, 0.15) is 5.60 Å². The van der Waals surface area contributed by atoms with Crippen molar-refractivity contribution >= 4 is 16.2 Å². The molecule has 10 heteroatoms. The van der Waals surface area contributed by atoms with Crippen LogP contribution in [0.1, 0.15) is 101 Å². The molecule has 0 amide bonds. The van der Waals surface area contributed by atoms with E-state index in [9.17, 15) is 28.0 Å². The van der Waals surface area contributed by atoms with E-state index in [0.717, 1.165) is 16.7 Å². The second-order valence-electron chi connectivity index (χ2n) is 15.7. The number of epoxide rings is 1. The van der Waals surface area contributed by atoms with E-state index in [1.807, 2.05) is 109 Å². The number of aliphatic hydroxyl groups excluding tert-OH is 1. The molecular weight excluding hydrogens is 663 g/mol. The molecule has 1 saturated heterocycles. The third-order valence-corrected chi connectivity index (χ3v) is 10.6. The number of hydrogen-bond acceptors (Lipinski definition) is 8. The van der Waals surface area contributed by atoms with Crippen LogP contribution < -0.4 is 29.6 Å². The smallest absolute Gasteiger partial charge is 0.726 e. The van der Waals surface area contributed by atoms with E-state index in [0.29, 0.717) is 30.4 Å². The summed E-state index contributed by atoms with van der Waals surface area (Å²) in [5.41, 5.74) is 4.26. The zero-order valence-electron chi connectivity index (χ0n) is 31.8. The number of carbonyl (C=O) groups is 1. The van der Waals surface area contributed by atoms with Gasteiger partial charge in [-0.2, -0.15) is 0 Å². The minimum absolute atomic E-state index is 0. The summed E-state index contributed by atoms with van der Waals surface area (Å²) in [6, 6.07) is 0. The summed E-state index contributed by atoms with van der Waals surface area (Å²) in [6.07, 6.45) is 21.7. The van der Waals surface area contributed by atoms with Gasteiger partial charge in [0, 0.05) is 24.8 Å². The quantitative estimate of drug-likeness (QED) is 0.0569. The molecule has 2 saturated carbocycles. The molecule has 0 aromatic rings. The predicted molar refractivity (Wildman–Crippen MR) is 193 cm³/mol. The molecule has 3 rings (SSSR count). The van der Waals surface area contributed by atoms with Crippen molar-refractivity contribution in [3.05, 3.63) is 100 Å². The molecule has 2 aliphatic carbocycles. The molecule has 1 aliphatic heterocycles. The molecule has 2 N–H and O–H groups in total. The Morgan fingerprint density at radius 1 is 0.880 bits per heavy atom. The zero-order valence-corrected chi connectivity index (χ0v) is 34.6. The van der Waals surface area contributed by atoms with Crippen LogP contribution in [0.15, 0.2) is 100 Å². The first-order chi connectivity index (χ1) is 22.4. The average Bonchev–Trinajstić information content (AvgIpc) is 3.53. The van der Waals surface area contributed by atoms with Gasteiger partial charge in [0.25, 0.3) is 0 Å². The normalized spacial score (nSPS) is 31.8. The molecule has 0 radical (unpaired) electrons. The SMILES string of the molecule is C\C(C=C=C1C(C)(C)CC(OS(=O)(=O)[O-])C[C@@]1(C)O)=C/C=C/C(C)=C/C=C/C=C(C)/C=C/C=C(\C)C(=O)C[C@@]12O[C@]1(C)C[C@@H](O)CC2(C)C.[Na+]. The topological polar surface area (TPSA) is 136 Å². The van der Waals surface area contributed by atoms with Crippen molar-refractivity contribution in [1.29, 1.82) is 0 Å². The predicted octanol–water partition coefficient (Wildman–Crippen LogP) is 4.61. The number of allylic oxidation sites excluding steroid dienone is 14. The molecule has 1 heterocycles. The number of ketones is 1. The third kappa shape index (κ3) is 11.6. The summed E-state index contributed by atoms with van der Waals surface area (Å²) < 4.78 is 44.1. The second-order valence-corrected chi connectivity index (χ2v) is 16.8. The van der Waals surface area contributed by atoms with Gasteiger partial charge in [0.05, 0.1) is 23.4 Å². The van der Waals surface area contributed by atoms with Crippen molar-refractivity contribution in [3.8, 4) is 0 Å². The maximum Gasteiger partial charge on any atom is 1.00 e. The van der Waals surface area contributed by atoms with Crippen LogP contribution in [0.5, 0.6) is 0 Å². The van der Waals surface area contributed by atoms with Crippen molar-refractivity contribution in [2.45, 2.75) is 130 Å². The zero-order chi connectivity index (χ0) is 37.1. The van der Waals surface area contributed by atoms with Gasteiger partial charge in [-0.1, -0.05) is 99.6 Å². The van der Waals surface area contributed by atoms with Crippen molar-refractivity contribution < 1.29 is 66.5 Å². The van der Waals surface area contributed by atoms with E-state index in [1.165, 1.54) is 0 Å². The number of hydrogen-bond donors (Lipinski definition) is 2. The Hall–Kier alpha value is -1.88. The Morgan fingerprint density at radius 3 is 1.94 bits per heavy atom. The Morgan fingerprint density at radius 2 is 1.42 bits per heavy atom. The van der Waals surface area contributed by atoms with Crippen LogP contribution in [0.2, 0.25) is 0 Å². The van der Waals surface area contributed by atoms with Gasteiger partial charge < -0.3 is 19.5 Å². The van der Waals surface area contributed by atoms with E-state index >= 15 is 0 Å². The van der Waals surface area contributed by atoms with Crippen LogP contribution in [0.4, 0.5) is 0 Å². The van der Waals surface area contributed by atoms with Gasteiger partial charge in [-0.3, -0.25) is 8.98 Å². The van der Waals surface area contributed by atoms with Crippen molar-refractivity contribution in [3.63, 3.8) is 0 Å². The molecule has 0 bridgehead atoms. The fraction of sp³-hybridized carbons (Fsp3) is 0.550. The van der Waals surface area contributed by atoms with E-state index in [1.54, 1.807) is 13.0 Å². The van der Waals surface area contributed by atoms with Gasteiger partial charge in [0.15, 0.2) is 5.78 Å². The summed E-state index contributed by atoms with van der Waals surface area (Å²) in [4.78, 5) is 13.1. The van der Waals surface area contributed by atoms with Gasteiger partial charge in [-0.15, -0.1) is 5.73 Å². The number of Topliss-reactive ketones (excluding diaryl/α,β-unsaturated/α-hetero) is 1. The molecule has 0 aromatic carbocycles. The van der Waals surface area contributed by atoms with Gasteiger partial charge in [0.2, 0.25) is 10.4 Å². The second kappa shape index (κ2) is 16.9. The fourth-order valence-electron chi connectivity index (χ4n) is 7.68. The third-order valence-electron chi connectivity index (χ3n) is 10.1. The van der Waals surface area contributed by atoms with Crippen LogP contribution in [0.25, 0.3) is 0 Å². The van der Waals surface area contributed by atoms with E-state index in [2.05, 4.69) is 23.8 Å². The van der Waals surface area contributed by atoms with E-state index in [4.69, 9.17) is 4.74 Å². The van der Waals surface area contributed by atoms with Gasteiger partial charge in [-0.25, -0.2) is 8.42 Å². The summed E-state index contributed by atoms with van der Waals surface area (Å²) in [6.45, 7) is 19.2. The molecule has 0 spiro atoms. The standard InChI is InChI=1S/C40H56O8S.Na/c1-28(17-13-18-30(3)21-22-35-36(5,6)25-33(26-38(35,9)43)47-49(44,45)46)15-11-12-16-29(2)19-14-20-31(4)34(42)27-40-37(7,8)23-32(41)24-39(40,10)48-40;/h11-21,32-33,41,43H,23-27H2,1-10H3,(H,44,45,46);/q;+1/p-1/b12-11+,17-13+,19-14+,28-15+,29-16+,30-18+,31-20+;/t22?,32-,33?,38+,39+,40-;/m0./s1. The molecule has 0 aromatic heterocycles. The van der Waals surface area contributed by atoms with Crippen LogP contribution >= 0.6 is 0 Å². The molecule has 5 atom stereocenters. The first kappa shape index (κ1) is 44.3. The monoisotopic (exact) mass is 718 g/mol. The largest absolute Gasteiger partial charge is 1.00 e. The van der Waals surface area contributed by atoms with Crippen LogP contribution in [0, 0.1) is 10.8 Å². The van der Waals surface area contributed by atoms with Gasteiger partial charge >= 0.3 is 29.6 Å². The number of carbonyl (C=O) groups excluding carboxylic acids is 1. The van der Waals surface area contributed by atoms with Gasteiger partial charge in [-0.05, 0) is 82.4 Å². The molecule has 270 valence electrons. The minimum atomic E-state index is -4.86. The number of ether oxygens (including phenoxy) is 1. The molecule has 1 unspecified atom stereocenters. The van der Waals surface area contributed by atoms with E-state index < -0.39 is 44.8 Å². The minimum Gasteiger partial charge on any atom is -0.726 e. The number of fused-ring (bicyclic) bond motifs is 1. The van der Waals surface area contributed by atoms with Crippen LogP contribution in [-0.2, 0) is 24.1 Å². The Bertz CT molecular complexity index is 1660. The first-order valence-corrected chi connectivity index (χ1v) is 18.2. The Kier molecular flexibility index (Phi) is 14.9. The number of aliphatic hydroxyl groups is 2. The maximum absolute atomic E-state index is 13.1. The van der Waals surface area contributed by atoms with Crippen molar-refractivity contribution in [2.75, 3.05) is 0 Å². The summed E-state index contributed by atoms with van der Waals surface area (Å²) >= 11 is 0. The summed E-state index contributed by atoms with van der Waals surface area (Å²) in [5.74, 6) is 0.0651. The maximum atomic E-state index is 13.1. The molecule has 3 fully saturated rings. The Labute approximate surface area is 322 Å². The number of rotatable bonds is 12. The molecule has 50 heavy (non-hydrogen) atoms. The fourth-order valence-corrected chi connectivity index (χ4v) is 8.14. The van der Waals surface area contributed by atoms with Crippen molar-refractivity contribution in [2.24, 2.45) is 10.8 Å². The Balaban J connectivity index is 0.00000867.